The molecular weight excluding hydrogens is 392 g/mol. The summed E-state index contributed by atoms with van der Waals surface area (Å²) in [7, 11) is -0.604. The van der Waals surface area contributed by atoms with Crippen molar-refractivity contribution < 1.29 is 13.2 Å². The van der Waals surface area contributed by atoms with Gasteiger partial charge in [-0.3, -0.25) is 9.69 Å². The Hall–Kier alpha value is -2.56. The van der Waals surface area contributed by atoms with Crippen LogP contribution in [0.15, 0.2) is 47.6 Å². The van der Waals surface area contributed by atoms with Gasteiger partial charge in [0.2, 0.25) is 21.9 Å². The number of hydrogen-bond donors (Lipinski definition) is 1. The second-order valence-electron chi connectivity index (χ2n) is 7.05. The highest BCUT2D eigenvalue weighted by Gasteiger charge is 2.27. The lowest BCUT2D eigenvalue weighted by Crippen LogP contribution is -2.53. The van der Waals surface area contributed by atoms with E-state index in [0.29, 0.717) is 24.7 Å². The van der Waals surface area contributed by atoms with E-state index in [9.17, 15) is 13.2 Å². The number of amides is 1. The zero-order valence-electron chi connectivity index (χ0n) is 16.8. The maximum absolute atomic E-state index is 12.7. The van der Waals surface area contributed by atoms with Crippen LogP contribution >= 0.6 is 0 Å². The molecule has 1 aromatic heterocycles. The van der Waals surface area contributed by atoms with Crippen molar-refractivity contribution in [2.75, 3.05) is 50.5 Å². The summed E-state index contributed by atoms with van der Waals surface area (Å²) in [5, 5.41) is 2.83. The Morgan fingerprint density at radius 1 is 1.10 bits per heavy atom. The number of rotatable bonds is 6. The van der Waals surface area contributed by atoms with Crippen LogP contribution in [0.5, 0.6) is 0 Å². The largest absolute Gasteiger partial charge is 0.338 e. The summed E-state index contributed by atoms with van der Waals surface area (Å²) < 4.78 is 25.7. The molecule has 2 aromatic rings. The summed E-state index contributed by atoms with van der Waals surface area (Å²) in [5.41, 5.74) is 0.459. The standard InChI is InChI=1S/C19H26N6O3S/c1-15(24-10-12-25(13-11-24)19-20-8-5-9-21-19)18(26)22-16-6-4-7-17(14-16)29(27,28)23(2)3/h4-9,14-15H,10-13H2,1-3H3,(H,22,26)/t15-/m0/s1. The molecule has 1 N–H and O–H groups in total. The Morgan fingerprint density at radius 3 is 2.38 bits per heavy atom. The topological polar surface area (TPSA) is 98.7 Å². The van der Waals surface area contributed by atoms with Gasteiger partial charge in [-0.1, -0.05) is 6.07 Å². The highest BCUT2D eigenvalue weighted by atomic mass is 32.2. The van der Waals surface area contributed by atoms with Gasteiger partial charge in [-0.2, -0.15) is 0 Å². The molecule has 10 heteroatoms. The Kier molecular flexibility index (Phi) is 6.46. The van der Waals surface area contributed by atoms with Crippen molar-refractivity contribution >= 4 is 27.6 Å². The van der Waals surface area contributed by atoms with Crippen LogP contribution < -0.4 is 10.2 Å². The zero-order chi connectivity index (χ0) is 21.0. The fraction of sp³-hybridized carbons (Fsp3) is 0.421. The lowest BCUT2D eigenvalue weighted by atomic mass is 10.2. The van der Waals surface area contributed by atoms with E-state index < -0.39 is 10.0 Å². The Balaban J connectivity index is 1.60. The maximum atomic E-state index is 12.7. The van der Waals surface area contributed by atoms with Gasteiger partial charge in [0.15, 0.2) is 0 Å². The molecule has 1 aromatic carbocycles. The molecule has 1 saturated heterocycles. The first-order valence-electron chi connectivity index (χ1n) is 9.38. The van der Waals surface area contributed by atoms with Gasteiger partial charge in [-0.15, -0.1) is 0 Å². The average molecular weight is 419 g/mol. The van der Waals surface area contributed by atoms with Crippen LogP contribution in [0.3, 0.4) is 0 Å². The van der Waals surface area contributed by atoms with Gasteiger partial charge in [-0.05, 0) is 31.2 Å². The molecule has 1 fully saturated rings. The Morgan fingerprint density at radius 2 is 1.76 bits per heavy atom. The molecule has 0 radical (unpaired) electrons. The molecule has 9 nitrogen and oxygen atoms in total. The zero-order valence-corrected chi connectivity index (χ0v) is 17.6. The molecule has 0 bridgehead atoms. The van der Waals surface area contributed by atoms with Crippen LogP contribution in [0.25, 0.3) is 0 Å². The molecule has 3 rings (SSSR count). The van der Waals surface area contributed by atoms with Crippen LogP contribution in [0.4, 0.5) is 11.6 Å². The quantitative estimate of drug-likeness (QED) is 0.743. The van der Waals surface area contributed by atoms with Crippen molar-refractivity contribution in [2.45, 2.75) is 17.9 Å². The van der Waals surface area contributed by atoms with Crippen molar-refractivity contribution in [3.05, 3.63) is 42.7 Å². The molecule has 2 heterocycles. The number of hydrogen-bond acceptors (Lipinski definition) is 7. The summed E-state index contributed by atoms with van der Waals surface area (Å²) in [6.45, 7) is 4.74. The van der Waals surface area contributed by atoms with Gasteiger partial charge in [0.25, 0.3) is 0 Å². The van der Waals surface area contributed by atoms with E-state index in [0.717, 1.165) is 17.4 Å². The van der Waals surface area contributed by atoms with E-state index in [-0.39, 0.29) is 16.8 Å². The smallest absolute Gasteiger partial charge is 0.242 e. The third-order valence-electron chi connectivity index (χ3n) is 4.96. The number of nitrogens with zero attached hydrogens (tertiary/aromatic N) is 5. The van der Waals surface area contributed by atoms with Crippen LogP contribution in [-0.4, -0.2) is 79.8 Å². The first kappa shape index (κ1) is 21.2. The first-order chi connectivity index (χ1) is 13.8. The fourth-order valence-electron chi connectivity index (χ4n) is 3.12. The number of piperazine rings is 1. The summed E-state index contributed by atoms with van der Waals surface area (Å²) in [6.07, 6.45) is 3.44. The number of carbonyl (C=O) groups is 1. The second kappa shape index (κ2) is 8.85. The molecule has 1 aliphatic heterocycles. The van der Waals surface area contributed by atoms with Gasteiger partial charge in [-0.25, -0.2) is 22.7 Å². The van der Waals surface area contributed by atoms with E-state index in [1.54, 1.807) is 30.6 Å². The lowest BCUT2D eigenvalue weighted by Gasteiger charge is -2.37. The average Bonchev–Trinajstić information content (AvgIpc) is 2.74. The van der Waals surface area contributed by atoms with Crippen LogP contribution in [-0.2, 0) is 14.8 Å². The number of nitrogens with one attached hydrogen (secondary N) is 1. The van der Waals surface area contributed by atoms with Crippen LogP contribution in [0.1, 0.15) is 6.92 Å². The SMILES string of the molecule is C[C@@H](C(=O)Nc1cccc(S(=O)(=O)N(C)C)c1)N1CCN(c2ncccn2)CC1. The monoisotopic (exact) mass is 418 g/mol. The lowest BCUT2D eigenvalue weighted by molar-refractivity contribution is -0.120. The van der Waals surface area contributed by atoms with Crippen LogP contribution in [0.2, 0.25) is 0 Å². The molecule has 0 saturated carbocycles. The molecule has 1 aliphatic rings. The molecule has 1 amide bonds. The minimum atomic E-state index is -3.55. The molecule has 156 valence electrons. The van der Waals surface area contributed by atoms with Crippen molar-refractivity contribution in [1.29, 1.82) is 0 Å². The van der Waals surface area contributed by atoms with E-state index >= 15 is 0 Å². The normalized spacial score (nSPS) is 16.6. The predicted molar refractivity (Wildman–Crippen MR) is 111 cm³/mol. The van der Waals surface area contributed by atoms with Gasteiger partial charge >= 0.3 is 0 Å². The number of carbonyl (C=O) groups excluding carboxylic acids is 1. The van der Waals surface area contributed by atoms with Gasteiger partial charge in [0.05, 0.1) is 10.9 Å². The summed E-state index contributed by atoms with van der Waals surface area (Å²) in [6, 6.07) is 7.73. The Bertz CT molecular complexity index is 943. The van der Waals surface area contributed by atoms with Crippen molar-refractivity contribution in [3.8, 4) is 0 Å². The van der Waals surface area contributed by atoms with Crippen molar-refractivity contribution in [3.63, 3.8) is 0 Å². The highest BCUT2D eigenvalue weighted by Crippen LogP contribution is 2.19. The first-order valence-corrected chi connectivity index (χ1v) is 10.8. The maximum Gasteiger partial charge on any atom is 0.242 e. The Labute approximate surface area is 171 Å². The van der Waals surface area contributed by atoms with Crippen molar-refractivity contribution in [1.82, 2.24) is 19.2 Å². The van der Waals surface area contributed by atoms with E-state index in [1.165, 1.54) is 26.2 Å². The molecule has 0 spiro atoms. The minimum Gasteiger partial charge on any atom is -0.338 e. The van der Waals surface area contributed by atoms with Crippen LogP contribution in [0, 0.1) is 0 Å². The second-order valence-corrected chi connectivity index (χ2v) is 9.20. The molecular formula is C19H26N6O3S. The summed E-state index contributed by atoms with van der Waals surface area (Å²) in [5.74, 6) is 0.525. The number of anilines is 2. The predicted octanol–water partition coefficient (Wildman–Crippen LogP) is 0.876. The van der Waals surface area contributed by atoms with E-state index in [4.69, 9.17) is 0 Å². The third-order valence-corrected chi connectivity index (χ3v) is 6.77. The van der Waals surface area contributed by atoms with Gasteiger partial charge in [0.1, 0.15) is 0 Å². The molecule has 0 aliphatic carbocycles. The number of benzene rings is 1. The van der Waals surface area contributed by atoms with E-state index in [2.05, 4.69) is 25.1 Å². The summed E-state index contributed by atoms with van der Waals surface area (Å²) in [4.78, 5) is 25.6. The fourth-order valence-corrected chi connectivity index (χ4v) is 4.07. The molecule has 1 atom stereocenters. The number of sulfonamides is 1. The summed E-state index contributed by atoms with van der Waals surface area (Å²) >= 11 is 0. The van der Waals surface area contributed by atoms with Gasteiger partial charge in [0, 0.05) is 58.4 Å². The molecule has 0 unspecified atom stereocenters. The minimum absolute atomic E-state index is 0.143. The van der Waals surface area contributed by atoms with Gasteiger partial charge < -0.3 is 10.2 Å². The number of aromatic nitrogens is 2. The van der Waals surface area contributed by atoms with Crippen molar-refractivity contribution in [2.24, 2.45) is 0 Å². The highest BCUT2D eigenvalue weighted by molar-refractivity contribution is 7.89. The van der Waals surface area contributed by atoms with E-state index in [1.807, 2.05) is 6.92 Å². The third kappa shape index (κ3) is 4.89. The molecule has 29 heavy (non-hydrogen) atoms.